The van der Waals surface area contributed by atoms with Crippen molar-refractivity contribution >= 4 is 17.8 Å². The SMILES string of the molecule is Cc1ccc(CN2C(=O)CC[C@@H]2C(=O)N(C)[C@H](C)C(=O)O)cc1. The van der Waals surface area contributed by atoms with Crippen molar-refractivity contribution in [2.45, 2.75) is 45.3 Å². The third-order valence-corrected chi connectivity index (χ3v) is 4.37. The number of carboxylic acid groups (broad SMARTS) is 1. The van der Waals surface area contributed by atoms with Crippen LogP contribution in [0.5, 0.6) is 0 Å². The van der Waals surface area contributed by atoms with E-state index in [1.807, 2.05) is 31.2 Å². The fraction of sp³-hybridized carbons (Fsp3) is 0.471. The Labute approximate surface area is 135 Å². The predicted molar refractivity (Wildman–Crippen MR) is 84.6 cm³/mol. The van der Waals surface area contributed by atoms with Gasteiger partial charge in [0, 0.05) is 20.0 Å². The molecule has 0 spiro atoms. The molecule has 0 radical (unpaired) electrons. The number of carbonyl (C=O) groups excluding carboxylic acids is 2. The van der Waals surface area contributed by atoms with Gasteiger partial charge in [-0.15, -0.1) is 0 Å². The summed E-state index contributed by atoms with van der Waals surface area (Å²) in [7, 11) is 1.47. The summed E-state index contributed by atoms with van der Waals surface area (Å²) in [5.41, 5.74) is 2.08. The second-order valence-electron chi connectivity index (χ2n) is 6.03. The van der Waals surface area contributed by atoms with Gasteiger partial charge in [-0.3, -0.25) is 9.59 Å². The summed E-state index contributed by atoms with van der Waals surface area (Å²) in [6.07, 6.45) is 0.748. The predicted octanol–water partition coefficient (Wildman–Crippen LogP) is 1.42. The molecule has 6 heteroatoms. The number of hydrogen-bond acceptors (Lipinski definition) is 3. The number of benzene rings is 1. The highest BCUT2D eigenvalue weighted by Gasteiger charge is 2.39. The van der Waals surface area contributed by atoms with Crippen molar-refractivity contribution in [3.63, 3.8) is 0 Å². The molecule has 23 heavy (non-hydrogen) atoms. The van der Waals surface area contributed by atoms with Crippen molar-refractivity contribution in [1.29, 1.82) is 0 Å². The molecule has 1 fully saturated rings. The first-order valence-electron chi connectivity index (χ1n) is 7.65. The zero-order valence-corrected chi connectivity index (χ0v) is 13.7. The highest BCUT2D eigenvalue weighted by molar-refractivity contribution is 5.92. The number of nitrogens with zero attached hydrogens (tertiary/aromatic N) is 2. The van der Waals surface area contributed by atoms with E-state index in [0.29, 0.717) is 19.4 Å². The number of carbonyl (C=O) groups is 3. The van der Waals surface area contributed by atoms with Gasteiger partial charge in [0.15, 0.2) is 0 Å². The lowest BCUT2D eigenvalue weighted by molar-refractivity contribution is -0.151. The Balaban J connectivity index is 2.14. The molecule has 1 aliphatic rings. The highest BCUT2D eigenvalue weighted by atomic mass is 16.4. The summed E-state index contributed by atoms with van der Waals surface area (Å²) >= 11 is 0. The second kappa shape index (κ2) is 6.81. The zero-order chi connectivity index (χ0) is 17.1. The van der Waals surface area contributed by atoms with Gasteiger partial charge < -0.3 is 14.9 Å². The van der Waals surface area contributed by atoms with E-state index < -0.39 is 18.1 Å². The summed E-state index contributed by atoms with van der Waals surface area (Å²) in [6, 6.07) is 6.30. The quantitative estimate of drug-likeness (QED) is 0.890. The fourth-order valence-electron chi connectivity index (χ4n) is 2.67. The molecule has 0 saturated carbocycles. The van der Waals surface area contributed by atoms with E-state index in [-0.39, 0.29) is 11.8 Å². The molecule has 6 nitrogen and oxygen atoms in total. The summed E-state index contributed by atoms with van der Waals surface area (Å²) in [5.74, 6) is -1.45. The van der Waals surface area contributed by atoms with E-state index in [4.69, 9.17) is 5.11 Å². The molecule has 1 aromatic carbocycles. The monoisotopic (exact) mass is 318 g/mol. The molecule has 2 atom stereocenters. The molecule has 1 heterocycles. The molecule has 1 aliphatic heterocycles. The van der Waals surface area contributed by atoms with Gasteiger partial charge in [-0.25, -0.2) is 4.79 Å². The summed E-state index contributed by atoms with van der Waals surface area (Å²) < 4.78 is 0. The molecule has 0 bridgehead atoms. The van der Waals surface area contributed by atoms with Crippen LogP contribution in [0.4, 0.5) is 0 Å². The van der Waals surface area contributed by atoms with Gasteiger partial charge in [-0.1, -0.05) is 29.8 Å². The van der Waals surface area contributed by atoms with Crippen molar-refractivity contribution in [3.8, 4) is 0 Å². The van der Waals surface area contributed by atoms with Crippen LogP contribution >= 0.6 is 0 Å². The Morgan fingerprint density at radius 2 is 1.96 bits per heavy atom. The maximum absolute atomic E-state index is 12.6. The first-order chi connectivity index (χ1) is 10.8. The van der Waals surface area contributed by atoms with Crippen LogP contribution in [-0.4, -0.2) is 51.8 Å². The molecule has 0 aromatic heterocycles. The van der Waals surface area contributed by atoms with Crippen LogP contribution in [0.15, 0.2) is 24.3 Å². The number of rotatable bonds is 5. The number of aliphatic carboxylic acids is 1. The van der Waals surface area contributed by atoms with Crippen molar-refractivity contribution in [3.05, 3.63) is 35.4 Å². The first-order valence-corrected chi connectivity index (χ1v) is 7.65. The van der Waals surface area contributed by atoms with Crippen LogP contribution in [0.2, 0.25) is 0 Å². The van der Waals surface area contributed by atoms with E-state index in [0.717, 1.165) is 11.1 Å². The Hall–Kier alpha value is -2.37. The number of amides is 2. The third-order valence-electron chi connectivity index (χ3n) is 4.37. The lowest BCUT2D eigenvalue weighted by Gasteiger charge is -2.30. The van der Waals surface area contributed by atoms with Crippen LogP contribution in [0.3, 0.4) is 0 Å². The number of likely N-dealkylation sites (tertiary alicyclic amines) is 1. The van der Waals surface area contributed by atoms with Crippen molar-refractivity contribution in [1.82, 2.24) is 9.80 Å². The highest BCUT2D eigenvalue weighted by Crippen LogP contribution is 2.23. The van der Waals surface area contributed by atoms with Crippen LogP contribution in [-0.2, 0) is 20.9 Å². The van der Waals surface area contributed by atoms with Crippen LogP contribution in [0, 0.1) is 6.92 Å². The smallest absolute Gasteiger partial charge is 0.326 e. The number of carboxylic acids is 1. The lowest BCUT2D eigenvalue weighted by Crippen LogP contribution is -2.49. The minimum Gasteiger partial charge on any atom is -0.480 e. The third kappa shape index (κ3) is 3.70. The lowest BCUT2D eigenvalue weighted by atomic mass is 10.1. The van der Waals surface area contributed by atoms with Gasteiger partial charge in [0.25, 0.3) is 0 Å². The van der Waals surface area contributed by atoms with Gasteiger partial charge in [0.1, 0.15) is 12.1 Å². The number of likely N-dealkylation sites (N-methyl/N-ethyl adjacent to an activating group) is 1. The van der Waals surface area contributed by atoms with E-state index in [1.165, 1.54) is 18.9 Å². The van der Waals surface area contributed by atoms with Gasteiger partial charge in [0.2, 0.25) is 11.8 Å². The molecule has 2 rings (SSSR count). The first kappa shape index (κ1) is 17.0. The number of hydrogen-bond donors (Lipinski definition) is 1. The Kier molecular flexibility index (Phi) is 5.03. The average Bonchev–Trinajstić information content (AvgIpc) is 2.88. The summed E-state index contributed by atoms with van der Waals surface area (Å²) in [5, 5.41) is 9.05. The van der Waals surface area contributed by atoms with Crippen molar-refractivity contribution in [2.75, 3.05) is 7.05 Å². The molecule has 124 valence electrons. The van der Waals surface area contributed by atoms with E-state index in [9.17, 15) is 14.4 Å². The zero-order valence-electron chi connectivity index (χ0n) is 13.7. The number of aryl methyl sites for hydroxylation is 1. The normalized spacial score (nSPS) is 18.8. The molecule has 0 aliphatic carbocycles. The van der Waals surface area contributed by atoms with Gasteiger partial charge in [-0.2, -0.15) is 0 Å². The fourth-order valence-corrected chi connectivity index (χ4v) is 2.67. The largest absolute Gasteiger partial charge is 0.480 e. The standard InChI is InChI=1S/C17H22N2O4/c1-11-4-6-13(7-5-11)10-19-14(8-9-15(19)20)16(21)18(3)12(2)17(22)23/h4-7,12,14H,8-10H2,1-3H3,(H,22,23)/t12-,14-/m1/s1. The summed E-state index contributed by atoms with van der Waals surface area (Å²) in [4.78, 5) is 38.5. The second-order valence-corrected chi connectivity index (χ2v) is 6.03. The molecule has 1 aromatic rings. The maximum atomic E-state index is 12.6. The van der Waals surface area contributed by atoms with E-state index >= 15 is 0 Å². The Bertz CT molecular complexity index is 612. The molecule has 1 N–H and O–H groups in total. The van der Waals surface area contributed by atoms with Gasteiger partial charge >= 0.3 is 5.97 Å². The minimum atomic E-state index is -1.06. The Morgan fingerprint density at radius 1 is 1.35 bits per heavy atom. The van der Waals surface area contributed by atoms with Gasteiger partial charge in [0.05, 0.1) is 0 Å². The van der Waals surface area contributed by atoms with Gasteiger partial charge in [-0.05, 0) is 25.8 Å². The van der Waals surface area contributed by atoms with E-state index in [1.54, 1.807) is 4.90 Å². The molecule has 1 saturated heterocycles. The topological polar surface area (TPSA) is 77.9 Å². The van der Waals surface area contributed by atoms with E-state index in [2.05, 4.69) is 0 Å². The summed E-state index contributed by atoms with van der Waals surface area (Å²) in [6.45, 7) is 3.81. The Morgan fingerprint density at radius 3 is 2.52 bits per heavy atom. The minimum absolute atomic E-state index is 0.0692. The van der Waals surface area contributed by atoms with Crippen molar-refractivity contribution in [2.24, 2.45) is 0 Å². The van der Waals surface area contributed by atoms with Crippen LogP contribution < -0.4 is 0 Å². The molecular formula is C17H22N2O4. The van der Waals surface area contributed by atoms with Crippen LogP contribution in [0.1, 0.15) is 30.9 Å². The maximum Gasteiger partial charge on any atom is 0.326 e. The average molecular weight is 318 g/mol. The van der Waals surface area contributed by atoms with Crippen molar-refractivity contribution < 1.29 is 19.5 Å². The molecular weight excluding hydrogens is 296 g/mol. The molecule has 2 amide bonds. The molecule has 0 unspecified atom stereocenters. The van der Waals surface area contributed by atoms with Crippen LogP contribution in [0.25, 0.3) is 0 Å².